The lowest BCUT2D eigenvalue weighted by molar-refractivity contribution is 0.197. The number of nitrogens with one attached hydrogen (secondary N) is 1. The zero-order valence-corrected chi connectivity index (χ0v) is 10.5. The summed E-state index contributed by atoms with van der Waals surface area (Å²) in [5, 5.41) is 14.6. The summed E-state index contributed by atoms with van der Waals surface area (Å²) in [6.45, 7) is 7.47. The van der Waals surface area contributed by atoms with E-state index in [4.69, 9.17) is 0 Å². The molecule has 0 aliphatic heterocycles. The second kappa shape index (κ2) is 5.58. The van der Waals surface area contributed by atoms with Crippen LogP contribution in [-0.2, 0) is 6.54 Å². The van der Waals surface area contributed by atoms with E-state index >= 15 is 0 Å². The molecule has 0 saturated heterocycles. The molecular weight excluding hydrogens is 208 g/mol. The van der Waals surface area contributed by atoms with Gasteiger partial charge < -0.3 is 10.4 Å². The molecule has 0 saturated carbocycles. The van der Waals surface area contributed by atoms with Crippen LogP contribution in [0.5, 0.6) is 0 Å². The second-order valence-corrected chi connectivity index (χ2v) is 5.72. The fraction of sp³-hybridized carbons (Fsp3) is 0.727. The highest BCUT2D eigenvalue weighted by Crippen LogP contribution is 2.20. The first-order valence-corrected chi connectivity index (χ1v) is 6.17. The summed E-state index contributed by atoms with van der Waals surface area (Å²) in [5.41, 5.74) is 3.12. The number of nitrogens with zero attached hydrogens (tertiary/aromatic N) is 1. The van der Waals surface area contributed by atoms with Gasteiger partial charge in [0.05, 0.1) is 17.8 Å². The van der Waals surface area contributed by atoms with E-state index in [9.17, 15) is 5.11 Å². The average Bonchev–Trinajstić information content (AvgIpc) is 2.62. The van der Waals surface area contributed by atoms with Crippen molar-refractivity contribution in [3.05, 3.63) is 16.6 Å². The lowest BCUT2D eigenvalue weighted by atomic mass is 9.88. The third-order valence-electron chi connectivity index (χ3n) is 2.13. The molecule has 0 aliphatic rings. The van der Waals surface area contributed by atoms with E-state index in [1.807, 2.05) is 10.9 Å². The maximum atomic E-state index is 9.24. The molecule has 0 amide bonds. The Balaban J connectivity index is 2.34. The summed E-state index contributed by atoms with van der Waals surface area (Å²) in [6, 6.07) is 0.159. The fourth-order valence-corrected chi connectivity index (χ4v) is 2.07. The molecular formula is C11H20N2OS. The van der Waals surface area contributed by atoms with Gasteiger partial charge in [0.25, 0.3) is 0 Å². The smallest absolute Gasteiger partial charge is 0.0795 e. The van der Waals surface area contributed by atoms with Gasteiger partial charge in [-0.05, 0) is 11.8 Å². The lowest BCUT2D eigenvalue weighted by Gasteiger charge is -2.25. The number of aliphatic hydroxyl groups excluding tert-OH is 1. The SMILES string of the molecule is CC(C)(C)CC(CO)NCc1cscn1. The third-order valence-corrected chi connectivity index (χ3v) is 2.77. The molecule has 1 aromatic rings. The fourth-order valence-electron chi connectivity index (χ4n) is 1.51. The van der Waals surface area contributed by atoms with E-state index in [1.54, 1.807) is 11.3 Å². The zero-order chi connectivity index (χ0) is 11.3. The zero-order valence-electron chi connectivity index (χ0n) is 9.66. The molecule has 1 heterocycles. The van der Waals surface area contributed by atoms with Gasteiger partial charge in [-0.1, -0.05) is 20.8 Å². The van der Waals surface area contributed by atoms with Crippen LogP contribution in [0.1, 0.15) is 32.9 Å². The van der Waals surface area contributed by atoms with Gasteiger partial charge >= 0.3 is 0 Å². The van der Waals surface area contributed by atoms with Crippen LogP contribution in [0.2, 0.25) is 0 Å². The van der Waals surface area contributed by atoms with Crippen LogP contribution in [0.15, 0.2) is 10.9 Å². The summed E-state index contributed by atoms with van der Waals surface area (Å²) in [5.74, 6) is 0. The molecule has 1 unspecified atom stereocenters. The Bertz CT molecular complexity index is 267. The van der Waals surface area contributed by atoms with Gasteiger partial charge in [0.15, 0.2) is 0 Å². The van der Waals surface area contributed by atoms with Gasteiger partial charge in [-0.15, -0.1) is 11.3 Å². The van der Waals surface area contributed by atoms with E-state index in [1.165, 1.54) is 0 Å². The first kappa shape index (κ1) is 12.6. The van der Waals surface area contributed by atoms with E-state index in [-0.39, 0.29) is 18.1 Å². The van der Waals surface area contributed by atoms with Crippen molar-refractivity contribution in [1.82, 2.24) is 10.3 Å². The standard InChI is InChI=1S/C11H20N2OS/c1-11(2,3)4-9(6-14)12-5-10-7-15-8-13-10/h7-9,12,14H,4-6H2,1-3H3. The molecule has 1 atom stereocenters. The van der Waals surface area contributed by atoms with Gasteiger partial charge in [0.2, 0.25) is 0 Å². The van der Waals surface area contributed by atoms with Crippen LogP contribution in [0.25, 0.3) is 0 Å². The molecule has 4 heteroatoms. The van der Waals surface area contributed by atoms with Crippen LogP contribution < -0.4 is 5.32 Å². The molecule has 0 spiro atoms. The van der Waals surface area contributed by atoms with Crippen molar-refractivity contribution in [2.75, 3.05) is 6.61 Å². The molecule has 0 radical (unpaired) electrons. The summed E-state index contributed by atoms with van der Waals surface area (Å²) in [4.78, 5) is 4.19. The molecule has 86 valence electrons. The van der Waals surface area contributed by atoms with Crippen molar-refractivity contribution >= 4 is 11.3 Å². The topological polar surface area (TPSA) is 45.1 Å². The minimum atomic E-state index is 0.159. The van der Waals surface area contributed by atoms with Crippen molar-refractivity contribution in [3.63, 3.8) is 0 Å². The van der Waals surface area contributed by atoms with Crippen LogP contribution in [0, 0.1) is 5.41 Å². The maximum absolute atomic E-state index is 9.24. The Kier molecular flexibility index (Phi) is 4.70. The third kappa shape index (κ3) is 5.25. The van der Waals surface area contributed by atoms with Crippen LogP contribution >= 0.6 is 11.3 Å². The first-order chi connectivity index (χ1) is 7.01. The Morgan fingerprint density at radius 3 is 2.73 bits per heavy atom. The Morgan fingerprint density at radius 1 is 1.53 bits per heavy atom. The summed E-state index contributed by atoms with van der Waals surface area (Å²) < 4.78 is 0. The van der Waals surface area contributed by atoms with E-state index in [2.05, 4.69) is 31.1 Å². The number of aliphatic hydroxyl groups is 1. The molecule has 1 rings (SSSR count). The molecule has 1 aromatic heterocycles. The van der Waals surface area contributed by atoms with Gasteiger partial charge in [-0.2, -0.15) is 0 Å². The highest BCUT2D eigenvalue weighted by molar-refractivity contribution is 7.07. The number of hydrogen-bond acceptors (Lipinski definition) is 4. The maximum Gasteiger partial charge on any atom is 0.0795 e. The molecule has 0 aromatic carbocycles. The monoisotopic (exact) mass is 228 g/mol. The number of thiazole rings is 1. The largest absolute Gasteiger partial charge is 0.395 e. The Labute approximate surface area is 95.6 Å². The van der Waals surface area contributed by atoms with Crippen molar-refractivity contribution in [2.24, 2.45) is 5.41 Å². The first-order valence-electron chi connectivity index (χ1n) is 5.22. The summed E-state index contributed by atoms with van der Waals surface area (Å²) in [6.07, 6.45) is 0.966. The predicted molar refractivity (Wildman–Crippen MR) is 63.9 cm³/mol. The van der Waals surface area contributed by atoms with Gasteiger partial charge in [-0.25, -0.2) is 4.98 Å². The number of hydrogen-bond donors (Lipinski definition) is 2. The van der Waals surface area contributed by atoms with Crippen molar-refractivity contribution in [1.29, 1.82) is 0 Å². The Morgan fingerprint density at radius 2 is 2.27 bits per heavy atom. The normalized spacial score (nSPS) is 14.1. The summed E-state index contributed by atoms with van der Waals surface area (Å²) in [7, 11) is 0. The number of aromatic nitrogens is 1. The minimum Gasteiger partial charge on any atom is -0.395 e. The molecule has 0 fully saturated rings. The van der Waals surface area contributed by atoms with Gasteiger partial charge in [-0.3, -0.25) is 0 Å². The van der Waals surface area contributed by atoms with Gasteiger partial charge in [0, 0.05) is 18.0 Å². The van der Waals surface area contributed by atoms with Crippen molar-refractivity contribution < 1.29 is 5.11 Å². The average molecular weight is 228 g/mol. The molecule has 3 nitrogen and oxygen atoms in total. The van der Waals surface area contributed by atoms with Crippen molar-refractivity contribution in [2.45, 2.75) is 39.8 Å². The Hall–Kier alpha value is -0.450. The molecule has 0 aliphatic carbocycles. The van der Waals surface area contributed by atoms with Crippen molar-refractivity contribution in [3.8, 4) is 0 Å². The van der Waals surface area contributed by atoms with E-state index in [0.29, 0.717) is 0 Å². The highest BCUT2D eigenvalue weighted by atomic mass is 32.1. The van der Waals surface area contributed by atoms with Crippen LogP contribution in [0.4, 0.5) is 0 Å². The van der Waals surface area contributed by atoms with E-state index in [0.717, 1.165) is 18.7 Å². The molecule has 15 heavy (non-hydrogen) atoms. The van der Waals surface area contributed by atoms with E-state index < -0.39 is 0 Å². The predicted octanol–water partition coefficient (Wildman–Crippen LogP) is 2.03. The van der Waals surface area contributed by atoms with Crippen LogP contribution in [-0.4, -0.2) is 22.7 Å². The minimum absolute atomic E-state index is 0.159. The highest BCUT2D eigenvalue weighted by Gasteiger charge is 2.17. The molecule has 2 N–H and O–H groups in total. The second-order valence-electron chi connectivity index (χ2n) is 5.00. The lowest BCUT2D eigenvalue weighted by Crippen LogP contribution is -2.35. The number of rotatable bonds is 5. The quantitative estimate of drug-likeness (QED) is 0.810. The molecule has 0 bridgehead atoms. The van der Waals surface area contributed by atoms with Crippen LogP contribution in [0.3, 0.4) is 0 Å². The summed E-state index contributed by atoms with van der Waals surface area (Å²) >= 11 is 1.60. The van der Waals surface area contributed by atoms with Gasteiger partial charge in [0.1, 0.15) is 0 Å².